The first kappa shape index (κ1) is 8.53. The maximum atomic E-state index is 11.0. The molecule has 3 heteroatoms. The molecule has 1 rings (SSSR count). The van der Waals surface area contributed by atoms with Crippen molar-refractivity contribution in [3.63, 3.8) is 0 Å². The van der Waals surface area contributed by atoms with Crippen molar-refractivity contribution in [3.8, 4) is 0 Å². The van der Waals surface area contributed by atoms with E-state index < -0.39 is 0 Å². The predicted molar refractivity (Wildman–Crippen MR) is 40.2 cm³/mol. The van der Waals surface area contributed by atoms with Gasteiger partial charge >= 0.3 is 5.97 Å². The Morgan fingerprint density at radius 3 is 2.64 bits per heavy atom. The third-order valence-corrected chi connectivity index (χ3v) is 2.09. The van der Waals surface area contributed by atoms with Gasteiger partial charge in [-0.2, -0.15) is 0 Å². The van der Waals surface area contributed by atoms with Crippen LogP contribution in [-0.4, -0.2) is 24.3 Å². The summed E-state index contributed by atoms with van der Waals surface area (Å²) in [5.41, 5.74) is -0.244. The monoisotopic (exact) mass is 158 g/mol. The van der Waals surface area contributed by atoms with E-state index in [0.717, 1.165) is 6.42 Å². The molecule has 0 radical (unpaired) electrons. The lowest BCUT2D eigenvalue weighted by molar-refractivity contribution is -0.144. The second-order valence-electron chi connectivity index (χ2n) is 2.92. The van der Waals surface area contributed by atoms with Crippen LogP contribution in [0.3, 0.4) is 0 Å². The molecule has 0 aliphatic carbocycles. The lowest BCUT2D eigenvalue weighted by Crippen LogP contribution is -2.19. The summed E-state index contributed by atoms with van der Waals surface area (Å²) < 4.78 is 9.99. The van der Waals surface area contributed by atoms with Gasteiger partial charge in [0.2, 0.25) is 0 Å². The maximum Gasteiger partial charge on any atom is 0.338 e. The minimum absolute atomic E-state index is 0.225. The first-order chi connectivity index (χ1) is 5.14. The van der Waals surface area contributed by atoms with Crippen LogP contribution in [0.25, 0.3) is 0 Å². The topological polar surface area (TPSA) is 38.8 Å². The molecule has 0 amide bonds. The zero-order valence-electron chi connectivity index (χ0n) is 7.22. The molecule has 1 fully saturated rings. The molecule has 0 saturated carbocycles. The van der Waals surface area contributed by atoms with E-state index in [9.17, 15) is 4.79 Å². The van der Waals surface area contributed by atoms with Gasteiger partial charge in [-0.3, -0.25) is 0 Å². The fraction of sp³-hybridized carbons (Fsp3) is 0.875. The highest BCUT2D eigenvalue weighted by molar-refractivity contribution is 5.79. The Hall–Kier alpha value is -0.570. The van der Waals surface area contributed by atoms with Gasteiger partial charge in [0.1, 0.15) is 5.60 Å². The van der Waals surface area contributed by atoms with Crippen LogP contribution in [0.1, 0.15) is 27.2 Å². The molecule has 0 unspecified atom stereocenters. The van der Waals surface area contributed by atoms with E-state index in [1.165, 1.54) is 0 Å². The van der Waals surface area contributed by atoms with Crippen LogP contribution < -0.4 is 0 Å². The molecule has 3 nitrogen and oxygen atoms in total. The SMILES string of the molecule is CCOC(=O)[C@@H]1O[C@@]1(C)CC. The average molecular weight is 158 g/mol. The summed E-state index contributed by atoms with van der Waals surface area (Å²) >= 11 is 0. The lowest BCUT2D eigenvalue weighted by Gasteiger charge is -2.00. The molecular formula is C8H14O3. The largest absolute Gasteiger partial charge is 0.464 e. The van der Waals surface area contributed by atoms with Crippen molar-refractivity contribution in [2.24, 2.45) is 0 Å². The summed E-state index contributed by atoms with van der Waals surface area (Å²) in [4.78, 5) is 11.0. The molecule has 1 aliphatic heterocycles. The fourth-order valence-electron chi connectivity index (χ4n) is 1.02. The third kappa shape index (κ3) is 1.53. The van der Waals surface area contributed by atoms with Crippen LogP contribution >= 0.6 is 0 Å². The van der Waals surface area contributed by atoms with Crippen molar-refractivity contribution >= 4 is 5.97 Å². The Kier molecular flexibility index (Phi) is 2.18. The Labute approximate surface area is 66.7 Å². The molecule has 0 aromatic carbocycles. The van der Waals surface area contributed by atoms with Gasteiger partial charge < -0.3 is 9.47 Å². The Morgan fingerprint density at radius 2 is 2.27 bits per heavy atom. The van der Waals surface area contributed by atoms with Gasteiger partial charge in [0, 0.05) is 0 Å². The molecule has 1 heterocycles. The van der Waals surface area contributed by atoms with Crippen molar-refractivity contribution in [1.82, 2.24) is 0 Å². The van der Waals surface area contributed by atoms with E-state index in [2.05, 4.69) is 0 Å². The summed E-state index contributed by atoms with van der Waals surface area (Å²) in [6.07, 6.45) is 0.545. The van der Waals surface area contributed by atoms with Crippen LogP contribution in [0.4, 0.5) is 0 Å². The van der Waals surface area contributed by atoms with Gasteiger partial charge in [0.25, 0.3) is 0 Å². The van der Waals surface area contributed by atoms with E-state index in [0.29, 0.717) is 6.61 Å². The quantitative estimate of drug-likeness (QED) is 0.456. The first-order valence-electron chi connectivity index (χ1n) is 3.98. The van der Waals surface area contributed by atoms with Crippen LogP contribution in [0.2, 0.25) is 0 Å². The maximum absolute atomic E-state index is 11.0. The summed E-state index contributed by atoms with van der Waals surface area (Å²) in [5, 5.41) is 0. The molecule has 0 bridgehead atoms. The molecule has 0 aromatic rings. The van der Waals surface area contributed by atoms with Gasteiger partial charge in [-0.25, -0.2) is 4.79 Å². The normalized spacial score (nSPS) is 35.0. The van der Waals surface area contributed by atoms with Crippen LogP contribution in [-0.2, 0) is 14.3 Å². The smallest absolute Gasteiger partial charge is 0.338 e. The third-order valence-electron chi connectivity index (χ3n) is 2.09. The van der Waals surface area contributed by atoms with Crippen molar-refractivity contribution in [2.45, 2.75) is 38.9 Å². The first-order valence-corrected chi connectivity index (χ1v) is 3.98. The molecule has 1 saturated heterocycles. The molecule has 64 valence electrons. The predicted octanol–water partition coefficient (Wildman–Crippen LogP) is 1.12. The Morgan fingerprint density at radius 1 is 1.64 bits per heavy atom. The Bertz CT molecular complexity index is 167. The minimum Gasteiger partial charge on any atom is -0.464 e. The van der Waals surface area contributed by atoms with Crippen LogP contribution in [0.5, 0.6) is 0 Å². The number of epoxide rings is 1. The van der Waals surface area contributed by atoms with E-state index in [1.54, 1.807) is 6.92 Å². The number of ether oxygens (including phenoxy) is 2. The fourth-order valence-corrected chi connectivity index (χ4v) is 1.02. The van der Waals surface area contributed by atoms with Crippen molar-refractivity contribution in [3.05, 3.63) is 0 Å². The number of carbonyl (C=O) groups is 1. The van der Waals surface area contributed by atoms with Gasteiger partial charge in [-0.15, -0.1) is 0 Å². The highest BCUT2D eigenvalue weighted by Gasteiger charge is 2.56. The summed E-state index contributed by atoms with van der Waals surface area (Å²) in [6.45, 7) is 6.15. The molecule has 11 heavy (non-hydrogen) atoms. The average Bonchev–Trinajstić information content (AvgIpc) is 2.65. The standard InChI is InChI=1S/C8H14O3/c1-4-8(3)6(11-8)7(9)10-5-2/h6H,4-5H2,1-3H3/t6-,8-/m0/s1. The number of rotatable bonds is 3. The molecule has 1 aliphatic rings. The zero-order chi connectivity index (χ0) is 8.48. The number of carbonyl (C=O) groups excluding carboxylic acids is 1. The van der Waals surface area contributed by atoms with E-state index in [-0.39, 0.29) is 17.7 Å². The van der Waals surface area contributed by atoms with E-state index in [1.807, 2.05) is 13.8 Å². The molecule has 0 N–H and O–H groups in total. The Balaban J connectivity index is 2.36. The van der Waals surface area contributed by atoms with E-state index in [4.69, 9.17) is 9.47 Å². The minimum atomic E-state index is -0.313. The van der Waals surface area contributed by atoms with Crippen LogP contribution in [0.15, 0.2) is 0 Å². The number of hydrogen-bond acceptors (Lipinski definition) is 3. The van der Waals surface area contributed by atoms with Crippen LogP contribution in [0, 0.1) is 0 Å². The second kappa shape index (κ2) is 2.81. The highest BCUT2D eigenvalue weighted by Crippen LogP contribution is 2.39. The van der Waals surface area contributed by atoms with Gasteiger partial charge in [0.05, 0.1) is 6.61 Å². The number of esters is 1. The molecule has 0 spiro atoms. The number of hydrogen-bond donors (Lipinski definition) is 0. The van der Waals surface area contributed by atoms with Crippen molar-refractivity contribution in [2.75, 3.05) is 6.61 Å². The van der Waals surface area contributed by atoms with Gasteiger partial charge in [-0.05, 0) is 20.3 Å². The summed E-state index contributed by atoms with van der Waals surface area (Å²) in [6, 6.07) is 0. The van der Waals surface area contributed by atoms with Gasteiger partial charge in [-0.1, -0.05) is 6.92 Å². The highest BCUT2D eigenvalue weighted by atomic mass is 16.7. The van der Waals surface area contributed by atoms with Crippen molar-refractivity contribution < 1.29 is 14.3 Å². The summed E-state index contributed by atoms with van der Waals surface area (Å²) in [7, 11) is 0. The molecule has 0 aromatic heterocycles. The lowest BCUT2D eigenvalue weighted by atomic mass is 10.1. The molecule has 2 atom stereocenters. The van der Waals surface area contributed by atoms with Crippen molar-refractivity contribution in [1.29, 1.82) is 0 Å². The zero-order valence-corrected chi connectivity index (χ0v) is 7.22. The summed E-state index contributed by atoms with van der Waals surface area (Å²) in [5.74, 6) is -0.225. The van der Waals surface area contributed by atoms with Gasteiger partial charge in [0.15, 0.2) is 6.10 Å². The second-order valence-corrected chi connectivity index (χ2v) is 2.92. The molecular weight excluding hydrogens is 144 g/mol. The van der Waals surface area contributed by atoms with E-state index >= 15 is 0 Å².